The highest BCUT2D eigenvalue weighted by atomic mass is 16.3. The van der Waals surface area contributed by atoms with E-state index in [4.69, 9.17) is 0 Å². The zero-order valence-electron chi connectivity index (χ0n) is 19.9. The summed E-state index contributed by atoms with van der Waals surface area (Å²) in [6, 6.07) is 0. The van der Waals surface area contributed by atoms with Crippen LogP contribution in [0.1, 0.15) is 105 Å². The Bertz CT molecular complexity index is 617. The van der Waals surface area contributed by atoms with Crippen molar-refractivity contribution in [3.63, 3.8) is 0 Å². The van der Waals surface area contributed by atoms with E-state index in [-0.39, 0.29) is 12.2 Å². The molecule has 172 valence electrons. The molecule has 3 fully saturated rings. The van der Waals surface area contributed by atoms with Crippen LogP contribution in [0.4, 0.5) is 0 Å². The van der Waals surface area contributed by atoms with Crippen molar-refractivity contribution in [2.75, 3.05) is 0 Å². The molecule has 6 atom stereocenters. The lowest BCUT2D eigenvalue weighted by Gasteiger charge is -2.54. The van der Waals surface area contributed by atoms with Crippen LogP contribution in [-0.4, -0.2) is 33.1 Å². The molecule has 0 bridgehead atoms. The molecule has 30 heavy (non-hydrogen) atoms. The Morgan fingerprint density at radius 2 is 1.80 bits per heavy atom. The number of aliphatic hydroxyl groups is 3. The molecule has 0 aromatic carbocycles. The Morgan fingerprint density at radius 1 is 1.10 bits per heavy atom. The summed E-state index contributed by atoms with van der Waals surface area (Å²) in [5.41, 5.74) is 2.65. The molecular weight excluding hydrogens is 372 g/mol. The van der Waals surface area contributed by atoms with Gasteiger partial charge in [0, 0.05) is 0 Å². The molecule has 0 aromatic heterocycles. The first kappa shape index (κ1) is 24.0. The molecule has 0 saturated heterocycles. The third-order valence-corrected chi connectivity index (χ3v) is 8.49. The Hall–Kier alpha value is -0.640. The molecular formula is C27H46O3. The van der Waals surface area contributed by atoms with Gasteiger partial charge in [-0.2, -0.15) is 0 Å². The third-order valence-electron chi connectivity index (χ3n) is 8.49. The standard InChI is InChI=1S/C27H46O3/c1-19(8-6-14-26(2,3)30)24-10-5-11-25-21(9-7-15-27(24,25)4)13-12-20-16-22(28)18-23(29)17-20/h12-13,19,22-25,28-30H,5-11,14-18H2,1-4H3/b21-13+/t19-,22-,23-,24-,25+,27-/m1/s1. The zero-order chi connectivity index (χ0) is 21.9. The molecule has 3 nitrogen and oxygen atoms in total. The van der Waals surface area contributed by atoms with E-state index in [1.54, 1.807) is 5.57 Å². The van der Waals surface area contributed by atoms with Crippen LogP contribution in [0.2, 0.25) is 0 Å². The predicted molar refractivity (Wildman–Crippen MR) is 124 cm³/mol. The monoisotopic (exact) mass is 418 g/mol. The number of rotatable bonds is 6. The first-order chi connectivity index (χ1) is 14.1. The van der Waals surface area contributed by atoms with Gasteiger partial charge in [0.2, 0.25) is 0 Å². The van der Waals surface area contributed by atoms with Crippen molar-refractivity contribution in [2.45, 2.75) is 123 Å². The predicted octanol–water partition coefficient (Wildman–Crippen LogP) is 5.93. The molecule has 3 N–H and O–H groups in total. The molecule has 3 saturated carbocycles. The topological polar surface area (TPSA) is 60.7 Å². The minimum atomic E-state index is -0.548. The van der Waals surface area contributed by atoms with E-state index in [0.29, 0.717) is 36.5 Å². The van der Waals surface area contributed by atoms with Crippen LogP contribution in [0, 0.1) is 23.2 Å². The highest BCUT2D eigenvalue weighted by Gasteiger charge is 2.48. The van der Waals surface area contributed by atoms with Crippen LogP contribution < -0.4 is 0 Å². The van der Waals surface area contributed by atoms with Crippen molar-refractivity contribution >= 4 is 0 Å². The molecule has 3 heteroatoms. The van der Waals surface area contributed by atoms with Crippen LogP contribution in [0.3, 0.4) is 0 Å². The van der Waals surface area contributed by atoms with Gasteiger partial charge in [-0.1, -0.05) is 56.4 Å². The van der Waals surface area contributed by atoms with Crippen molar-refractivity contribution in [3.05, 3.63) is 23.3 Å². The maximum atomic E-state index is 10.1. The SMILES string of the molecule is C[C@H](CCCC(C)(C)O)[C@H]1CCC[C@H]2/C(=C/C=C3C[C@@H](O)C[C@H](O)C3)CCC[C@]12C. The average molecular weight is 419 g/mol. The van der Waals surface area contributed by atoms with Gasteiger partial charge in [-0.05, 0) is 94.8 Å². The number of hydrogen-bond acceptors (Lipinski definition) is 3. The lowest BCUT2D eigenvalue weighted by Crippen LogP contribution is -2.44. The first-order valence-electron chi connectivity index (χ1n) is 12.6. The van der Waals surface area contributed by atoms with Crippen molar-refractivity contribution in [3.8, 4) is 0 Å². The van der Waals surface area contributed by atoms with E-state index in [2.05, 4.69) is 26.0 Å². The van der Waals surface area contributed by atoms with Gasteiger partial charge in [0.25, 0.3) is 0 Å². The molecule has 0 heterocycles. The smallest absolute Gasteiger partial charge is 0.0602 e. The quantitative estimate of drug-likeness (QED) is 0.501. The van der Waals surface area contributed by atoms with Crippen LogP contribution in [0.15, 0.2) is 23.3 Å². The second-order valence-corrected chi connectivity index (χ2v) is 11.6. The number of aliphatic hydroxyl groups excluding tert-OH is 2. The van der Waals surface area contributed by atoms with Crippen molar-refractivity contribution in [1.29, 1.82) is 0 Å². The Kier molecular flexibility index (Phi) is 7.91. The highest BCUT2D eigenvalue weighted by molar-refractivity contribution is 5.25. The molecule has 3 rings (SSSR count). The number of fused-ring (bicyclic) bond motifs is 1. The summed E-state index contributed by atoms with van der Waals surface area (Å²) >= 11 is 0. The second-order valence-electron chi connectivity index (χ2n) is 11.6. The lowest BCUT2D eigenvalue weighted by molar-refractivity contribution is -0.00357. The van der Waals surface area contributed by atoms with Crippen molar-refractivity contribution in [1.82, 2.24) is 0 Å². The van der Waals surface area contributed by atoms with Gasteiger partial charge in [-0.15, -0.1) is 0 Å². The van der Waals surface area contributed by atoms with Crippen LogP contribution in [0.25, 0.3) is 0 Å². The van der Waals surface area contributed by atoms with Crippen LogP contribution in [-0.2, 0) is 0 Å². The minimum Gasteiger partial charge on any atom is -0.393 e. The maximum Gasteiger partial charge on any atom is 0.0602 e. The Balaban J connectivity index is 1.70. The summed E-state index contributed by atoms with van der Waals surface area (Å²) in [6.45, 7) is 8.86. The molecule has 0 aromatic rings. The summed E-state index contributed by atoms with van der Waals surface area (Å²) < 4.78 is 0. The van der Waals surface area contributed by atoms with Gasteiger partial charge in [0.1, 0.15) is 0 Å². The highest BCUT2D eigenvalue weighted by Crippen LogP contribution is 2.57. The van der Waals surface area contributed by atoms with Gasteiger partial charge in [-0.3, -0.25) is 0 Å². The summed E-state index contributed by atoms with van der Waals surface area (Å²) in [5, 5.41) is 30.1. The summed E-state index contributed by atoms with van der Waals surface area (Å²) in [6.07, 6.45) is 16.8. The maximum absolute atomic E-state index is 10.1. The van der Waals surface area contributed by atoms with Gasteiger partial charge < -0.3 is 15.3 Å². The van der Waals surface area contributed by atoms with Gasteiger partial charge in [-0.25, -0.2) is 0 Å². The van der Waals surface area contributed by atoms with Gasteiger partial charge in [0.15, 0.2) is 0 Å². The van der Waals surface area contributed by atoms with Gasteiger partial charge >= 0.3 is 0 Å². The molecule has 0 spiro atoms. The fourth-order valence-corrected chi connectivity index (χ4v) is 7.00. The number of hydrogen-bond donors (Lipinski definition) is 3. The van der Waals surface area contributed by atoms with E-state index >= 15 is 0 Å². The van der Waals surface area contributed by atoms with Crippen LogP contribution >= 0.6 is 0 Å². The molecule has 0 aliphatic heterocycles. The first-order valence-corrected chi connectivity index (χ1v) is 12.6. The fraction of sp³-hybridized carbons (Fsp3) is 0.852. The molecule has 0 amide bonds. The number of allylic oxidation sites excluding steroid dienone is 3. The molecule has 0 unspecified atom stereocenters. The van der Waals surface area contributed by atoms with Crippen molar-refractivity contribution < 1.29 is 15.3 Å². The Labute approximate surface area is 184 Å². The van der Waals surface area contributed by atoms with Crippen LogP contribution in [0.5, 0.6) is 0 Å². The Morgan fingerprint density at radius 3 is 2.47 bits per heavy atom. The van der Waals surface area contributed by atoms with E-state index in [9.17, 15) is 15.3 Å². The van der Waals surface area contributed by atoms with E-state index in [1.807, 2.05) is 13.8 Å². The second kappa shape index (κ2) is 9.88. The molecule has 3 aliphatic rings. The largest absolute Gasteiger partial charge is 0.393 e. The molecule has 3 aliphatic carbocycles. The fourth-order valence-electron chi connectivity index (χ4n) is 7.00. The summed E-state index contributed by atoms with van der Waals surface area (Å²) in [7, 11) is 0. The van der Waals surface area contributed by atoms with Gasteiger partial charge in [0.05, 0.1) is 17.8 Å². The van der Waals surface area contributed by atoms with E-state index in [1.165, 1.54) is 50.5 Å². The summed E-state index contributed by atoms with van der Waals surface area (Å²) in [4.78, 5) is 0. The van der Waals surface area contributed by atoms with E-state index < -0.39 is 5.60 Å². The minimum absolute atomic E-state index is 0.389. The third kappa shape index (κ3) is 5.99. The normalized spacial score (nSPS) is 37.7. The average Bonchev–Trinajstić information content (AvgIpc) is 2.63. The molecule has 0 radical (unpaired) electrons. The van der Waals surface area contributed by atoms with E-state index in [0.717, 1.165) is 18.8 Å². The zero-order valence-corrected chi connectivity index (χ0v) is 19.9. The summed E-state index contributed by atoms with van der Waals surface area (Å²) in [5.74, 6) is 2.16. The van der Waals surface area contributed by atoms with Crippen molar-refractivity contribution in [2.24, 2.45) is 23.2 Å². The lowest BCUT2D eigenvalue weighted by atomic mass is 9.51.